The number of rotatable bonds is 4. The average Bonchev–Trinajstić information content (AvgIpc) is 3.53. The molecule has 0 N–H and O–H groups in total. The summed E-state index contributed by atoms with van der Waals surface area (Å²) >= 11 is 0. The third-order valence-electron chi connectivity index (χ3n) is 9.86. The molecule has 6 aromatic carbocycles. The van der Waals surface area contributed by atoms with Gasteiger partial charge in [0.15, 0.2) is 11.6 Å². The quantitative estimate of drug-likeness (QED) is 0.192. The molecule has 50 heavy (non-hydrogen) atoms. The van der Waals surface area contributed by atoms with Crippen molar-refractivity contribution in [3.8, 4) is 28.5 Å². The third kappa shape index (κ3) is 4.51. The minimum atomic E-state index is 0.100. The van der Waals surface area contributed by atoms with Crippen LogP contribution in [0.5, 0.6) is 0 Å². The summed E-state index contributed by atoms with van der Waals surface area (Å²) in [6.07, 6.45) is 9.39. The van der Waals surface area contributed by atoms with Gasteiger partial charge in [-0.1, -0.05) is 121 Å². The Bertz CT molecular complexity index is 2840. The van der Waals surface area contributed by atoms with Crippen LogP contribution in [0.15, 0.2) is 170 Å². The van der Waals surface area contributed by atoms with Crippen molar-refractivity contribution in [3.05, 3.63) is 176 Å². The van der Waals surface area contributed by atoms with Crippen LogP contribution in [-0.2, 0) is 0 Å². The largest absolute Gasteiger partial charge is 0.308 e. The predicted octanol–water partition coefficient (Wildman–Crippen LogP) is 11.0. The molecular weight excluding hydrogens is 611 g/mol. The lowest BCUT2D eigenvalue weighted by Gasteiger charge is -2.16. The summed E-state index contributed by atoms with van der Waals surface area (Å²) in [5.41, 5.74) is 8.77. The van der Waals surface area contributed by atoms with Crippen LogP contribution in [0.3, 0.4) is 0 Å². The molecule has 0 amide bonds. The molecule has 0 radical (unpaired) electrons. The zero-order chi connectivity index (χ0) is 33.0. The van der Waals surface area contributed by atoms with Gasteiger partial charge in [-0.25, -0.2) is 15.0 Å². The molecule has 0 aliphatic heterocycles. The summed E-state index contributed by atoms with van der Waals surface area (Å²) < 4.78 is 4.83. The van der Waals surface area contributed by atoms with Gasteiger partial charge < -0.3 is 8.97 Å². The molecule has 0 spiro atoms. The van der Waals surface area contributed by atoms with Gasteiger partial charge in [0.05, 0.1) is 27.6 Å². The Hall–Kier alpha value is -6.59. The molecule has 5 heteroatoms. The molecule has 0 fully saturated rings. The molecule has 1 atom stereocenters. The number of allylic oxidation sites excluding steroid dienone is 4. The van der Waals surface area contributed by atoms with Gasteiger partial charge in [-0.15, -0.1) is 0 Å². The van der Waals surface area contributed by atoms with Crippen molar-refractivity contribution in [3.63, 3.8) is 0 Å². The fraction of sp³-hybridized carbons (Fsp3) is 0.0444. The normalized spacial score (nSPS) is 14.4. The van der Waals surface area contributed by atoms with Crippen molar-refractivity contribution in [2.75, 3.05) is 0 Å². The van der Waals surface area contributed by atoms with Gasteiger partial charge in [-0.3, -0.25) is 0 Å². The first kappa shape index (κ1) is 28.4. The summed E-state index contributed by atoms with van der Waals surface area (Å²) in [6, 6.07) is 51.7. The van der Waals surface area contributed by atoms with Crippen LogP contribution in [-0.4, -0.2) is 23.9 Å². The smallest absolute Gasteiger partial charge is 0.163 e. The lowest BCUT2D eigenvalue weighted by molar-refractivity contribution is 0.764. The molecule has 1 unspecified atom stereocenters. The Morgan fingerprint density at radius 3 is 1.92 bits per heavy atom. The van der Waals surface area contributed by atoms with Crippen LogP contribution < -0.4 is 0 Å². The minimum absolute atomic E-state index is 0.100. The van der Waals surface area contributed by atoms with Crippen LogP contribution in [0.4, 0.5) is 0 Å². The number of fused-ring (bicyclic) bond motifs is 7. The van der Waals surface area contributed by atoms with Crippen molar-refractivity contribution in [2.45, 2.75) is 12.3 Å². The van der Waals surface area contributed by atoms with E-state index in [-0.39, 0.29) is 5.92 Å². The van der Waals surface area contributed by atoms with E-state index in [0.717, 1.165) is 56.5 Å². The highest BCUT2D eigenvalue weighted by molar-refractivity contribution is 6.20. The number of nitrogens with zero attached hydrogens (tertiary/aromatic N) is 5. The number of benzene rings is 6. The number of hydrogen-bond donors (Lipinski definition) is 0. The van der Waals surface area contributed by atoms with E-state index in [1.54, 1.807) is 0 Å². The maximum Gasteiger partial charge on any atom is 0.163 e. The second-order valence-electron chi connectivity index (χ2n) is 12.8. The highest BCUT2D eigenvalue weighted by Gasteiger charge is 2.20. The van der Waals surface area contributed by atoms with Gasteiger partial charge in [0, 0.05) is 44.3 Å². The summed E-state index contributed by atoms with van der Waals surface area (Å²) in [6.45, 7) is 0. The molecule has 0 saturated heterocycles. The fourth-order valence-electron chi connectivity index (χ4n) is 7.57. The topological polar surface area (TPSA) is 48.0 Å². The van der Waals surface area contributed by atoms with Gasteiger partial charge in [-0.05, 0) is 55.0 Å². The van der Waals surface area contributed by atoms with Gasteiger partial charge in [-0.2, -0.15) is 0 Å². The summed E-state index contributed by atoms with van der Waals surface area (Å²) in [4.78, 5) is 15.2. The summed E-state index contributed by atoms with van der Waals surface area (Å²) in [5, 5.41) is 4.72. The van der Waals surface area contributed by atoms with Crippen molar-refractivity contribution in [1.29, 1.82) is 0 Å². The fourth-order valence-corrected chi connectivity index (χ4v) is 7.57. The number of para-hydroxylation sites is 5. The first-order valence-electron chi connectivity index (χ1n) is 17.1. The molecule has 0 saturated carbocycles. The lowest BCUT2D eigenvalue weighted by Crippen LogP contribution is -2.07. The van der Waals surface area contributed by atoms with Crippen molar-refractivity contribution < 1.29 is 0 Å². The van der Waals surface area contributed by atoms with Crippen molar-refractivity contribution >= 4 is 49.1 Å². The van der Waals surface area contributed by atoms with Crippen molar-refractivity contribution in [1.82, 2.24) is 23.9 Å². The van der Waals surface area contributed by atoms with Crippen LogP contribution in [0.2, 0.25) is 0 Å². The van der Waals surface area contributed by atoms with E-state index >= 15 is 0 Å². The second-order valence-corrected chi connectivity index (χ2v) is 12.8. The van der Waals surface area contributed by atoms with Crippen LogP contribution in [0.25, 0.3) is 77.6 Å². The molecule has 5 nitrogen and oxygen atoms in total. The number of aromatic nitrogens is 5. The van der Waals surface area contributed by atoms with Gasteiger partial charge >= 0.3 is 0 Å². The number of hydrogen-bond acceptors (Lipinski definition) is 3. The van der Waals surface area contributed by atoms with E-state index in [1.807, 2.05) is 18.2 Å². The zero-order valence-electron chi connectivity index (χ0n) is 27.2. The van der Waals surface area contributed by atoms with E-state index in [0.29, 0.717) is 11.6 Å². The highest BCUT2D eigenvalue weighted by Crippen LogP contribution is 2.39. The molecule has 9 aromatic rings. The van der Waals surface area contributed by atoms with Crippen LogP contribution in [0.1, 0.15) is 18.2 Å². The van der Waals surface area contributed by atoms with Gasteiger partial charge in [0.25, 0.3) is 0 Å². The maximum atomic E-state index is 5.11. The van der Waals surface area contributed by atoms with Gasteiger partial charge in [0.1, 0.15) is 5.82 Å². The molecule has 3 aromatic heterocycles. The first-order valence-corrected chi connectivity index (χ1v) is 17.1. The molecule has 0 bridgehead atoms. The van der Waals surface area contributed by atoms with E-state index in [1.165, 1.54) is 21.7 Å². The van der Waals surface area contributed by atoms with Crippen molar-refractivity contribution in [2.24, 2.45) is 0 Å². The second kappa shape index (κ2) is 11.5. The Morgan fingerprint density at radius 2 is 1.14 bits per heavy atom. The Balaban J connectivity index is 1.31. The molecule has 10 rings (SSSR count). The molecule has 1 aliphatic carbocycles. The van der Waals surface area contributed by atoms with Crippen LogP contribution >= 0.6 is 0 Å². The first-order chi connectivity index (χ1) is 24.8. The molecule has 1 aliphatic rings. The molecule has 3 heterocycles. The van der Waals surface area contributed by atoms with E-state index in [2.05, 4.69) is 161 Å². The minimum Gasteiger partial charge on any atom is -0.308 e. The molecule has 236 valence electrons. The third-order valence-corrected chi connectivity index (χ3v) is 9.86. The van der Waals surface area contributed by atoms with E-state index < -0.39 is 0 Å². The SMILES string of the molecule is C1=CCC(c2nc(-c3ccccc3)nc(-c3ccc4c(c3)c3cccc5c6ccccc6n(-c6ccccc6)c6ccccc6n4c53)n2)C=C1. The van der Waals surface area contributed by atoms with E-state index in [4.69, 9.17) is 15.0 Å². The maximum absolute atomic E-state index is 5.11. The Morgan fingerprint density at radius 1 is 0.480 bits per heavy atom. The predicted molar refractivity (Wildman–Crippen MR) is 205 cm³/mol. The van der Waals surface area contributed by atoms with E-state index in [9.17, 15) is 0 Å². The lowest BCUT2D eigenvalue weighted by atomic mass is 10.00. The Kier molecular flexibility index (Phi) is 6.56. The summed E-state index contributed by atoms with van der Waals surface area (Å²) in [7, 11) is 0. The average molecular weight is 642 g/mol. The Labute approximate surface area is 288 Å². The standard InChI is InChI=1S/C45H31N5/c1-4-15-30(16-5-1)43-46-44(31-17-6-2-7-18-31)48-45(47-43)32-27-28-39-37(29-32)36-23-14-22-35-34-21-10-11-24-38(34)49(33-19-8-3-9-20-33)40-25-12-13-26-41(40)50(39)42(35)36/h1-17,19-29,31H,18H2. The monoisotopic (exact) mass is 641 g/mol. The zero-order valence-corrected chi connectivity index (χ0v) is 27.2. The van der Waals surface area contributed by atoms with Crippen LogP contribution in [0, 0.1) is 0 Å². The summed E-state index contributed by atoms with van der Waals surface area (Å²) in [5.74, 6) is 2.26. The highest BCUT2D eigenvalue weighted by atomic mass is 15.0. The van der Waals surface area contributed by atoms with Gasteiger partial charge in [0.2, 0.25) is 0 Å². The molecular formula is C45H31N5.